The van der Waals surface area contributed by atoms with Crippen molar-refractivity contribution < 1.29 is 13.2 Å². The molecular formula is C14H11BrF3N. The second kappa shape index (κ2) is 5.65. The first-order chi connectivity index (χ1) is 8.97. The average molecular weight is 330 g/mol. The van der Waals surface area contributed by atoms with Crippen LogP contribution < -0.4 is 5.32 Å². The number of nitrogens with one attached hydrogen (secondary N) is 1. The van der Waals surface area contributed by atoms with Gasteiger partial charge in [-0.2, -0.15) is 0 Å². The Morgan fingerprint density at radius 3 is 2.42 bits per heavy atom. The lowest BCUT2D eigenvalue weighted by Gasteiger charge is -2.10. The van der Waals surface area contributed by atoms with Crippen LogP contribution in [-0.2, 0) is 6.54 Å². The summed E-state index contributed by atoms with van der Waals surface area (Å²) in [5, 5.41) is 2.82. The zero-order valence-corrected chi connectivity index (χ0v) is 11.7. The smallest absolute Gasteiger partial charge is 0.150 e. The number of hydrogen-bond donors (Lipinski definition) is 1. The highest BCUT2D eigenvalue weighted by Gasteiger charge is 2.09. The Morgan fingerprint density at radius 1 is 1.05 bits per heavy atom. The lowest BCUT2D eigenvalue weighted by molar-refractivity contribution is 0.583. The molecule has 0 spiro atoms. The van der Waals surface area contributed by atoms with Crippen molar-refractivity contribution in [2.45, 2.75) is 13.5 Å². The minimum absolute atomic E-state index is 0.155. The standard InChI is InChI=1S/C14H11BrF3N/c1-8-2-3-9(4-12(8)17)7-19-14-11(15)5-10(16)6-13(14)18/h2-6,19H,7H2,1H3. The van der Waals surface area contributed by atoms with Crippen LogP contribution in [0.4, 0.5) is 18.9 Å². The number of rotatable bonds is 3. The summed E-state index contributed by atoms with van der Waals surface area (Å²) in [5.74, 6) is -1.66. The summed E-state index contributed by atoms with van der Waals surface area (Å²) in [5.41, 5.74) is 1.39. The maximum absolute atomic E-state index is 13.6. The van der Waals surface area contributed by atoms with Gasteiger partial charge in [-0.15, -0.1) is 0 Å². The SMILES string of the molecule is Cc1ccc(CNc2c(F)cc(F)cc2Br)cc1F. The molecular weight excluding hydrogens is 319 g/mol. The molecule has 0 fully saturated rings. The second-order valence-electron chi connectivity index (χ2n) is 4.18. The van der Waals surface area contributed by atoms with Gasteiger partial charge >= 0.3 is 0 Å². The Kier molecular flexibility index (Phi) is 4.14. The molecule has 0 aromatic heterocycles. The highest BCUT2D eigenvalue weighted by atomic mass is 79.9. The maximum atomic E-state index is 13.6. The summed E-state index contributed by atoms with van der Waals surface area (Å²) < 4.78 is 40.1. The first-order valence-corrected chi connectivity index (χ1v) is 6.40. The van der Waals surface area contributed by atoms with Gasteiger partial charge in [-0.1, -0.05) is 12.1 Å². The molecule has 0 amide bonds. The molecule has 5 heteroatoms. The van der Waals surface area contributed by atoms with Gasteiger partial charge in [0.25, 0.3) is 0 Å². The number of hydrogen-bond acceptors (Lipinski definition) is 1. The van der Waals surface area contributed by atoms with E-state index in [9.17, 15) is 13.2 Å². The molecule has 0 unspecified atom stereocenters. The zero-order chi connectivity index (χ0) is 14.0. The van der Waals surface area contributed by atoms with Crippen molar-refractivity contribution in [3.63, 3.8) is 0 Å². The van der Waals surface area contributed by atoms with Crippen LogP contribution in [0.25, 0.3) is 0 Å². The van der Waals surface area contributed by atoms with Gasteiger partial charge in [0.1, 0.15) is 17.5 Å². The fraction of sp³-hybridized carbons (Fsp3) is 0.143. The molecule has 1 nitrogen and oxygen atoms in total. The van der Waals surface area contributed by atoms with Gasteiger partial charge in [0, 0.05) is 17.1 Å². The Hall–Kier alpha value is -1.49. The monoisotopic (exact) mass is 329 g/mol. The van der Waals surface area contributed by atoms with Crippen LogP contribution in [0.3, 0.4) is 0 Å². The molecule has 19 heavy (non-hydrogen) atoms. The summed E-state index contributed by atoms with van der Waals surface area (Å²) in [6.45, 7) is 1.92. The number of aryl methyl sites for hydroxylation is 1. The van der Waals surface area contributed by atoms with Crippen LogP contribution in [0, 0.1) is 24.4 Å². The van der Waals surface area contributed by atoms with Crippen molar-refractivity contribution in [2.75, 3.05) is 5.32 Å². The molecule has 0 radical (unpaired) electrons. The summed E-state index contributed by atoms with van der Waals surface area (Å²) in [6.07, 6.45) is 0. The molecule has 2 aromatic rings. The second-order valence-corrected chi connectivity index (χ2v) is 5.04. The summed E-state index contributed by atoms with van der Waals surface area (Å²) in [6, 6.07) is 6.75. The normalized spacial score (nSPS) is 10.6. The third kappa shape index (κ3) is 3.29. The highest BCUT2D eigenvalue weighted by molar-refractivity contribution is 9.10. The van der Waals surface area contributed by atoms with Crippen molar-refractivity contribution in [1.82, 2.24) is 0 Å². The van der Waals surface area contributed by atoms with Crippen LogP contribution in [0.2, 0.25) is 0 Å². The van der Waals surface area contributed by atoms with Crippen molar-refractivity contribution in [2.24, 2.45) is 0 Å². The summed E-state index contributed by atoms with van der Waals surface area (Å²) in [4.78, 5) is 0. The molecule has 0 bridgehead atoms. The lowest BCUT2D eigenvalue weighted by Crippen LogP contribution is -2.03. The molecule has 0 heterocycles. The van der Waals surface area contributed by atoms with Gasteiger partial charge in [-0.3, -0.25) is 0 Å². The van der Waals surface area contributed by atoms with E-state index in [1.807, 2.05) is 0 Å². The van der Waals surface area contributed by atoms with Crippen LogP contribution in [0.15, 0.2) is 34.8 Å². The Labute approximate surface area is 117 Å². The van der Waals surface area contributed by atoms with Gasteiger partial charge < -0.3 is 5.32 Å². The fourth-order valence-corrected chi connectivity index (χ4v) is 2.20. The Balaban J connectivity index is 2.16. The van der Waals surface area contributed by atoms with Gasteiger partial charge in [0.2, 0.25) is 0 Å². The highest BCUT2D eigenvalue weighted by Crippen LogP contribution is 2.27. The quantitative estimate of drug-likeness (QED) is 0.853. The predicted molar refractivity (Wildman–Crippen MR) is 72.5 cm³/mol. The molecule has 0 aliphatic carbocycles. The summed E-state index contributed by atoms with van der Waals surface area (Å²) >= 11 is 3.08. The van der Waals surface area contributed by atoms with Crippen molar-refractivity contribution >= 4 is 21.6 Å². The molecule has 0 saturated carbocycles. The van der Waals surface area contributed by atoms with Gasteiger partial charge in [0.15, 0.2) is 0 Å². The number of halogens is 4. The fourth-order valence-electron chi connectivity index (χ4n) is 1.65. The van der Waals surface area contributed by atoms with E-state index in [1.165, 1.54) is 12.1 Å². The van der Waals surface area contributed by atoms with E-state index in [1.54, 1.807) is 19.1 Å². The zero-order valence-electron chi connectivity index (χ0n) is 10.1. The molecule has 0 saturated heterocycles. The van der Waals surface area contributed by atoms with Gasteiger partial charge in [-0.25, -0.2) is 13.2 Å². The Bertz CT molecular complexity index is 591. The molecule has 100 valence electrons. The van der Waals surface area contributed by atoms with Crippen molar-refractivity contribution in [3.05, 3.63) is 63.4 Å². The first-order valence-electron chi connectivity index (χ1n) is 5.61. The van der Waals surface area contributed by atoms with Gasteiger partial charge in [0.05, 0.1) is 5.69 Å². The van der Waals surface area contributed by atoms with E-state index in [-0.39, 0.29) is 22.5 Å². The molecule has 2 rings (SSSR count). The average Bonchev–Trinajstić information content (AvgIpc) is 2.32. The van der Waals surface area contributed by atoms with Crippen LogP contribution in [0.5, 0.6) is 0 Å². The first kappa shape index (κ1) is 13.9. The predicted octanol–water partition coefficient (Wildman–Crippen LogP) is 4.79. The molecule has 0 atom stereocenters. The van der Waals surface area contributed by atoms with E-state index >= 15 is 0 Å². The van der Waals surface area contributed by atoms with Crippen LogP contribution in [0.1, 0.15) is 11.1 Å². The van der Waals surface area contributed by atoms with E-state index in [0.29, 0.717) is 11.1 Å². The minimum Gasteiger partial charge on any atom is -0.378 e. The van der Waals surface area contributed by atoms with Crippen molar-refractivity contribution in [3.8, 4) is 0 Å². The molecule has 0 aliphatic heterocycles. The third-order valence-corrected chi connectivity index (χ3v) is 3.34. The van der Waals surface area contributed by atoms with E-state index < -0.39 is 11.6 Å². The number of anilines is 1. The molecule has 1 N–H and O–H groups in total. The minimum atomic E-state index is -0.695. The lowest BCUT2D eigenvalue weighted by atomic mass is 10.1. The maximum Gasteiger partial charge on any atom is 0.150 e. The van der Waals surface area contributed by atoms with Crippen LogP contribution >= 0.6 is 15.9 Å². The van der Waals surface area contributed by atoms with Gasteiger partial charge in [-0.05, 0) is 46.1 Å². The molecule has 0 aliphatic rings. The van der Waals surface area contributed by atoms with Crippen molar-refractivity contribution in [1.29, 1.82) is 0 Å². The van der Waals surface area contributed by atoms with E-state index in [0.717, 1.165) is 6.07 Å². The van der Waals surface area contributed by atoms with E-state index in [2.05, 4.69) is 21.2 Å². The number of benzene rings is 2. The topological polar surface area (TPSA) is 12.0 Å². The van der Waals surface area contributed by atoms with Crippen LogP contribution in [-0.4, -0.2) is 0 Å². The van der Waals surface area contributed by atoms with E-state index in [4.69, 9.17) is 0 Å². The molecule has 2 aromatic carbocycles. The third-order valence-electron chi connectivity index (χ3n) is 2.71. The summed E-state index contributed by atoms with van der Waals surface area (Å²) in [7, 11) is 0. The largest absolute Gasteiger partial charge is 0.378 e. The Morgan fingerprint density at radius 2 is 1.79 bits per heavy atom.